The number of halogens is 2. The number of amides is 1. The molecular weight excluding hydrogens is 349 g/mol. The molecule has 0 aliphatic rings. The summed E-state index contributed by atoms with van der Waals surface area (Å²) < 4.78 is 18.6. The number of rotatable bonds is 6. The van der Waals surface area contributed by atoms with E-state index in [-0.39, 0.29) is 16.9 Å². The fraction of sp³-hybridized carbons (Fsp3) is 0.278. The van der Waals surface area contributed by atoms with Crippen LogP contribution in [0.15, 0.2) is 47.4 Å². The van der Waals surface area contributed by atoms with Crippen molar-refractivity contribution < 1.29 is 13.9 Å². The summed E-state index contributed by atoms with van der Waals surface area (Å²) in [6.07, 6.45) is 0. The molecule has 0 spiro atoms. The molecule has 0 N–H and O–H groups in total. The number of carbonyl (C=O) groups excluding carboxylic acids is 1. The van der Waals surface area contributed by atoms with Crippen LogP contribution in [0.25, 0.3) is 0 Å². The summed E-state index contributed by atoms with van der Waals surface area (Å²) in [5.41, 5.74) is 0.716. The molecule has 1 amide bonds. The lowest BCUT2D eigenvalue weighted by atomic mass is 10.2. The molecule has 128 valence electrons. The summed E-state index contributed by atoms with van der Waals surface area (Å²) in [6, 6.07) is 12.1. The van der Waals surface area contributed by atoms with Gasteiger partial charge in [-0.1, -0.05) is 17.7 Å². The van der Waals surface area contributed by atoms with Gasteiger partial charge in [-0.3, -0.25) is 4.79 Å². The summed E-state index contributed by atoms with van der Waals surface area (Å²) in [4.78, 5) is 15.1. The summed E-state index contributed by atoms with van der Waals surface area (Å²) in [5.74, 6) is -0.259. The Morgan fingerprint density at radius 1 is 1.29 bits per heavy atom. The highest BCUT2D eigenvalue weighted by atomic mass is 35.5. The number of nitrogens with zero attached hydrogens (tertiary/aromatic N) is 1. The van der Waals surface area contributed by atoms with Crippen molar-refractivity contribution in [2.24, 2.45) is 0 Å². The Kier molecular flexibility index (Phi) is 6.52. The topological polar surface area (TPSA) is 29.5 Å². The largest absolute Gasteiger partial charge is 0.494 e. The maximum atomic E-state index is 13.7. The van der Waals surface area contributed by atoms with Gasteiger partial charge >= 0.3 is 0 Å². The average molecular weight is 368 g/mol. The number of benzene rings is 2. The van der Waals surface area contributed by atoms with Crippen molar-refractivity contribution in [1.82, 2.24) is 4.90 Å². The number of carbonyl (C=O) groups is 1. The lowest BCUT2D eigenvalue weighted by Gasteiger charge is -2.21. The third kappa shape index (κ3) is 4.89. The smallest absolute Gasteiger partial charge is 0.235 e. The van der Waals surface area contributed by atoms with E-state index in [1.165, 1.54) is 24.9 Å². The molecule has 0 fully saturated rings. The number of ether oxygens (including phenoxy) is 1. The maximum Gasteiger partial charge on any atom is 0.235 e. The Bertz CT molecular complexity index is 709. The predicted octanol–water partition coefficient (Wildman–Crippen LogP) is 4.63. The van der Waals surface area contributed by atoms with Gasteiger partial charge in [-0.25, -0.2) is 4.39 Å². The average Bonchev–Trinajstić information content (AvgIpc) is 2.56. The summed E-state index contributed by atoms with van der Waals surface area (Å²) in [7, 11) is 3.13. The molecule has 0 radical (unpaired) electrons. The van der Waals surface area contributed by atoms with Crippen molar-refractivity contribution in [2.45, 2.75) is 23.6 Å². The third-order valence-corrected chi connectivity index (χ3v) is 4.84. The minimum absolute atomic E-state index is 0.0221. The van der Waals surface area contributed by atoms with Crippen molar-refractivity contribution in [3.05, 3.63) is 58.9 Å². The van der Waals surface area contributed by atoms with Gasteiger partial charge in [0.15, 0.2) is 11.6 Å². The Hall–Kier alpha value is -1.72. The first-order chi connectivity index (χ1) is 11.4. The van der Waals surface area contributed by atoms with Gasteiger partial charge in [0.2, 0.25) is 5.91 Å². The zero-order valence-electron chi connectivity index (χ0n) is 13.8. The molecule has 0 aliphatic carbocycles. The zero-order chi connectivity index (χ0) is 17.7. The van der Waals surface area contributed by atoms with E-state index < -0.39 is 5.82 Å². The van der Waals surface area contributed by atoms with Crippen LogP contribution < -0.4 is 4.74 Å². The first-order valence-electron chi connectivity index (χ1n) is 7.40. The van der Waals surface area contributed by atoms with Crippen LogP contribution in [0.2, 0.25) is 5.02 Å². The number of hydrogen-bond acceptors (Lipinski definition) is 3. The molecule has 2 aromatic carbocycles. The molecule has 2 rings (SSSR count). The van der Waals surface area contributed by atoms with Crippen LogP contribution in [0.3, 0.4) is 0 Å². The van der Waals surface area contributed by atoms with E-state index in [0.29, 0.717) is 17.1 Å². The molecular formula is C18H19ClFNO2S. The van der Waals surface area contributed by atoms with Gasteiger partial charge < -0.3 is 9.64 Å². The van der Waals surface area contributed by atoms with Gasteiger partial charge in [-0.2, -0.15) is 0 Å². The Morgan fingerprint density at radius 2 is 1.96 bits per heavy atom. The standard InChI is InChI=1S/C18H19ClFNO2S/c1-12(24-15-7-5-14(19)6-8-15)18(22)21(2)11-13-4-9-17(23-3)16(20)10-13/h4-10,12H,11H2,1-3H3. The summed E-state index contributed by atoms with van der Waals surface area (Å²) in [5, 5.41) is 0.413. The molecule has 1 unspecified atom stereocenters. The molecule has 0 bridgehead atoms. The van der Waals surface area contributed by atoms with Crippen molar-refractivity contribution in [2.75, 3.05) is 14.2 Å². The molecule has 2 aromatic rings. The lowest BCUT2D eigenvalue weighted by molar-refractivity contribution is -0.129. The van der Waals surface area contributed by atoms with Crippen LogP contribution in [0.1, 0.15) is 12.5 Å². The van der Waals surface area contributed by atoms with Crippen LogP contribution in [0.5, 0.6) is 5.75 Å². The normalized spacial score (nSPS) is 11.9. The van der Waals surface area contributed by atoms with Crippen molar-refractivity contribution in [3.63, 3.8) is 0 Å². The monoisotopic (exact) mass is 367 g/mol. The number of hydrogen-bond donors (Lipinski definition) is 0. The van der Waals surface area contributed by atoms with Crippen LogP contribution in [0, 0.1) is 5.82 Å². The highest BCUT2D eigenvalue weighted by Crippen LogP contribution is 2.26. The van der Waals surface area contributed by atoms with E-state index in [0.717, 1.165) is 4.90 Å². The fourth-order valence-corrected chi connectivity index (χ4v) is 3.35. The highest BCUT2D eigenvalue weighted by Gasteiger charge is 2.19. The van der Waals surface area contributed by atoms with E-state index in [2.05, 4.69) is 0 Å². The number of methoxy groups -OCH3 is 1. The van der Waals surface area contributed by atoms with Crippen LogP contribution in [0.4, 0.5) is 4.39 Å². The van der Waals surface area contributed by atoms with Crippen molar-refractivity contribution in [3.8, 4) is 5.75 Å². The molecule has 0 saturated carbocycles. The van der Waals surface area contributed by atoms with E-state index in [9.17, 15) is 9.18 Å². The fourth-order valence-electron chi connectivity index (χ4n) is 2.24. The first-order valence-corrected chi connectivity index (χ1v) is 8.66. The van der Waals surface area contributed by atoms with Crippen molar-refractivity contribution >= 4 is 29.3 Å². The Morgan fingerprint density at radius 3 is 2.54 bits per heavy atom. The number of thioether (sulfide) groups is 1. The van der Waals surface area contributed by atoms with Crippen LogP contribution in [-0.4, -0.2) is 30.2 Å². The molecule has 24 heavy (non-hydrogen) atoms. The van der Waals surface area contributed by atoms with Crippen LogP contribution >= 0.6 is 23.4 Å². The van der Waals surface area contributed by atoms with Gasteiger partial charge in [-0.05, 0) is 48.9 Å². The second kappa shape index (κ2) is 8.40. The van der Waals surface area contributed by atoms with Gasteiger partial charge in [0, 0.05) is 23.5 Å². The predicted molar refractivity (Wildman–Crippen MR) is 96.2 cm³/mol. The van der Waals surface area contributed by atoms with Gasteiger partial charge in [0.25, 0.3) is 0 Å². The summed E-state index contributed by atoms with van der Waals surface area (Å²) >= 11 is 7.33. The quantitative estimate of drug-likeness (QED) is 0.697. The second-order valence-electron chi connectivity index (χ2n) is 5.38. The Labute approximate surface area is 150 Å². The van der Waals surface area contributed by atoms with E-state index >= 15 is 0 Å². The summed E-state index contributed by atoms with van der Waals surface area (Å²) in [6.45, 7) is 2.19. The molecule has 3 nitrogen and oxygen atoms in total. The highest BCUT2D eigenvalue weighted by molar-refractivity contribution is 8.00. The molecule has 1 atom stereocenters. The minimum atomic E-state index is -0.431. The third-order valence-electron chi connectivity index (χ3n) is 3.49. The van der Waals surface area contributed by atoms with E-state index in [1.54, 1.807) is 36.2 Å². The van der Waals surface area contributed by atoms with Gasteiger partial charge in [0.1, 0.15) is 0 Å². The Balaban J connectivity index is 1.98. The van der Waals surface area contributed by atoms with Gasteiger partial charge in [-0.15, -0.1) is 11.8 Å². The molecule has 0 saturated heterocycles. The molecule has 0 aliphatic heterocycles. The first kappa shape index (κ1) is 18.6. The van der Waals surface area contributed by atoms with E-state index in [1.807, 2.05) is 19.1 Å². The van der Waals surface area contributed by atoms with Crippen molar-refractivity contribution in [1.29, 1.82) is 0 Å². The van der Waals surface area contributed by atoms with Crippen LogP contribution in [-0.2, 0) is 11.3 Å². The second-order valence-corrected chi connectivity index (χ2v) is 7.23. The zero-order valence-corrected chi connectivity index (χ0v) is 15.3. The SMILES string of the molecule is COc1ccc(CN(C)C(=O)C(C)Sc2ccc(Cl)cc2)cc1F. The molecule has 6 heteroatoms. The van der Waals surface area contributed by atoms with E-state index in [4.69, 9.17) is 16.3 Å². The maximum absolute atomic E-state index is 13.7. The lowest BCUT2D eigenvalue weighted by Crippen LogP contribution is -2.32. The molecule has 0 aromatic heterocycles. The minimum Gasteiger partial charge on any atom is -0.494 e. The van der Waals surface area contributed by atoms with Gasteiger partial charge in [0.05, 0.1) is 12.4 Å². The molecule has 0 heterocycles.